The van der Waals surface area contributed by atoms with Crippen molar-refractivity contribution in [2.75, 3.05) is 0 Å². The third-order valence-corrected chi connectivity index (χ3v) is 15.6. The first-order valence-electron chi connectivity index (χ1n) is 22.0. The minimum absolute atomic E-state index is 0.242. The van der Waals surface area contributed by atoms with Gasteiger partial charge in [0, 0.05) is 0 Å². The normalized spacial score (nSPS) is 14.7. The van der Waals surface area contributed by atoms with E-state index in [-0.39, 0.29) is 22.1 Å². The van der Waals surface area contributed by atoms with Crippen LogP contribution in [0.1, 0.15) is 178 Å². The molecular weight excluding hydrogens is 866 g/mol. The molecule has 4 N–H and O–H groups in total. The average molecular weight is 925 g/mol. The SMILES string of the molecule is CCCCCCC1(CCCCCC)c2cc(B(O)O)c3n[se]nc3c2-c2c(F)c3c(c(F)c21)-c1c(cc(B(O)O)c2n[se]nc12)C3(CCCCCC)CCCCCC. The summed E-state index contributed by atoms with van der Waals surface area (Å²) in [5, 5.41) is 43.1. The Labute approximate surface area is 355 Å². The summed E-state index contributed by atoms with van der Waals surface area (Å²) in [4.78, 5) is 0. The zero-order chi connectivity index (χ0) is 41.2. The maximum atomic E-state index is 19.0. The minimum atomic E-state index is -1.81. The van der Waals surface area contributed by atoms with Crippen molar-refractivity contribution < 1.29 is 28.9 Å². The van der Waals surface area contributed by atoms with Gasteiger partial charge in [-0.1, -0.05) is 0 Å². The molecule has 0 saturated heterocycles. The number of hydrogen-bond acceptors (Lipinski definition) is 8. The molecule has 2 aliphatic rings. The first kappa shape index (κ1) is 43.8. The number of fused-ring (bicyclic) bond motifs is 10. The summed E-state index contributed by atoms with van der Waals surface area (Å²) in [7, 11) is -3.63. The summed E-state index contributed by atoms with van der Waals surface area (Å²) >= 11 is -1.15. The molecule has 14 heteroatoms. The molecule has 5 aromatic rings. The molecule has 0 radical (unpaired) electrons. The standard InChI is InChI=1S/C44H58B2F2N4O4Se2/c1-5-9-13-17-21-43(22-18-14-10-6-2)27-25-29(45(53)54)39-41(51-57-49-39)31(27)33-35(43)37(47)34-32-28(26-30(46(55)56)40-42(32)52-58-50-40)44(36(34)38(33)48,23-19-15-11-7-3)24-20-16-12-8-4/h25-26,53-56H,5-24H2,1-4H3. The summed E-state index contributed by atoms with van der Waals surface area (Å²) in [6.07, 6.45) is 17.6. The molecule has 7 rings (SSSR count). The summed E-state index contributed by atoms with van der Waals surface area (Å²) in [5.41, 5.74) is 4.02. The zero-order valence-electron chi connectivity index (χ0n) is 34.6. The van der Waals surface area contributed by atoms with Crippen molar-refractivity contribution >= 4 is 77.2 Å². The van der Waals surface area contributed by atoms with E-state index in [1.54, 1.807) is 12.1 Å². The predicted molar refractivity (Wildman–Crippen MR) is 234 cm³/mol. The van der Waals surface area contributed by atoms with E-state index in [0.29, 0.717) is 70.0 Å². The second-order valence-corrected chi connectivity index (χ2v) is 19.2. The van der Waals surface area contributed by atoms with E-state index in [2.05, 4.69) is 35.7 Å². The summed E-state index contributed by atoms with van der Waals surface area (Å²) in [6.45, 7) is 8.65. The molecule has 0 aliphatic heterocycles. The van der Waals surface area contributed by atoms with Crippen LogP contribution < -0.4 is 10.9 Å². The number of hydrogen-bond donors (Lipinski definition) is 4. The van der Waals surface area contributed by atoms with Gasteiger partial charge in [-0.05, 0) is 0 Å². The van der Waals surface area contributed by atoms with E-state index in [9.17, 15) is 20.1 Å². The predicted octanol–water partition coefficient (Wildman–Crippen LogP) is 7.74. The van der Waals surface area contributed by atoms with Crippen molar-refractivity contribution in [3.8, 4) is 22.3 Å². The molecule has 0 unspecified atom stereocenters. The Balaban J connectivity index is 1.62. The van der Waals surface area contributed by atoms with Gasteiger partial charge in [0.2, 0.25) is 0 Å². The molecule has 0 amide bonds. The number of halogens is 2. The Bertz CT molecular complexity index is 2070. The van der Waals surface area contributed by atoms with Crippen LogP contribution >= 0.6 is 0 Å². The van der Waals surface area contributed by atoms with Gasteiger partial charge in [0.15, 0.2) is 0 Å². The summed E-state index contributed by atoms with van der Waals surface area (Å²) < 4.78 is 57.1. The van der Waals surface area contributed by atoms with Gasteiger partial charge in [-0.25, -0.2) is 0 Å². The molecule has 2 aromatic heterocycles. The molecule has 0 bridgehead atoms. The number of rotatable bonds is 22. The van der Waals surface area contributed by atoms with Gasteiger partial charge in [-0.2, -0.15) is 0 Å². The van der Waals surface area contributed by atoms with E-state index in [1.165, 1.54) is 0 Å². The van der Waals surface area contributed by atoms with E-state index < -0.39 is 66.6 Å². The summed E-state index contributed by atoms with van der Waals surface area (Å²) in [5.74, 6) is -0.874. The molecule has 0 fully saturated rings. The van der Waals surface area contributed by atoms with Crippen LogP contribution in [-0.2, 0) is 10.8 Å². The van der Waals surface area contributed by atoms with Crippen molar-refractivity contribution in [2.24, 2.45) is 0 Å². The molecule has 58 heavy (non-hydrogen) atoms. The monoisotopic (exact) mass is 926 g/mol. The van der Waals surface area contributed by atoms with E-state index in [0.717, 1.165) is 114 Å². The third-order valence-electron chi connectivity index (χ3n) is 13.4. The fourth-order valence-corrected chi connectivity index (χ4v) is 13.0. The van der Waals surface area contributed by atoms with Crippen molar-refractivity contribution in [1.82, 2.24) is 15.9 Å². The van der Waals surface area contributed by atoms with Gasteiger partial charge in [0.25, 0.3) is 0 Å². The number of nitrogens with zero attached hydrogens (tertiary/aromatic N) is 4. The molecule has 8 nitrogen and oxygen atoms in total. The van der Waals surface area contributed by atoms with Crippen LogP contribution in [0.3, 0.4) is 0 Å². The molecule has 0 atom stereocenters. The first-order chi connectivity index (χ1) is 28.1. The van der Waals surface area contributed by atoms with Crippen LogP contribution in [0, 0.1) is 11.6 Å². The second kappa shape index (κ2) is 18.8. The second-order valence-electron chi connectivity index (χ2n) is 17.0. The van der Waals surface area contributed by atoms with Crippen LogP contribution in [0.5, 0.6) is 0 Å². The number of benzene rings is 3. The van der Waals surface area contributed by atoms with Crippen LogP contribution in [0.25, 0.3) is 44.3 Å². The van der Waals surface area contributed by atoms with Gasteiger partial charge < -0.3 is 0 Å². The number of aromatic nitrogens is 4. The van der Waals surface area contributed by atoms with Crippen molar-refractivity contribution in [2.45, 2.75) is 167 Å². The fraction of sp³-hybridized carbons (Fsp3) is 0.591. The maximum absolute atomic E-state index is 19.0. The number of unbranched alkanes of at least 4 members (excludes halogenated alkanes) is 12. The Morgan fingerprint density at radius 1 is 0.466 bits per heavy atom. The topological polar surface area (TPSA) is 132 Å². The van der Waals surface area contributed by atoms with Gasteiger partial charge in [0.05, 0.1) is 0 Å². The molecule has 310 valence electrons. The molecular formula is C44H58B2F2N4O4Se2. The van der Waals surface area contributed by atoms with Crippen LogP contribution in [0.2, 0.25) is 0 Å². The first-order valence-corrected chi connectivity index (χ1v) is 25.1. The Hall–Kier alpha value is -2.27. The fourth-order valence-electron chi connectivity index (χ4n) is 10.6. The Morgan fingerprint density at radius 3 is 1.07 bits per heavy atom. The van der Waals surface area contributed by atoms with Gasteiger partial charge in [-0.3, -0.25) is 0 Å². The quantitative estimate of drug-likeness (QED) is 0.0410. The van der Waals surface area contributed by atoms with Gasteiger partial charge >= 0.3 is 357 Å². The third kappa shape index (κ3) is 7.44. The van der Waals surface area contributed by atoms with Crippen LogP contribution in [0.15, 0.2) is 12.1 Å². The van der Waals surface area contributed by atoms with Crippen molar-refractivity contribution in [3.63, 3.8) is 0 Å². The Morgan fingerprint density at radius 2 is 0.776 bits per heavy atom. The van der Waals surface area contributed by atoms with Crippen LogP contribution in [-0.4, -0.2) is 80.2 Å². The van der Waals surface area contributed by atoms with E-state index >= 15 is 8.78 Å². The van der Waals surface area contributed by atoms with E-state index in [1.807, 2.05) is 0 Å². The molecule has 2 aliphatic carbocycles. The molecule has 3 aromatic carbocycles. The van der Waals surface area contributed by atoms with Crippen molar-refractivity contribution in [3.05, 3.63) is 46.0 Å². The summed E-state index contributed by atoms with van der Waals surface area (Å²) in [6, 6.07) is 3.59. The zero-order valence-corrected chi connectivity index (χ0v) is 38.0. The van der Waals surface area contributed by atoms with Crippen LogP contribution in [0.4, 0.5) is 8.78 Å². The van der Waals surface area contributed by atoms with Gasteiger partial charge in [-0.15, -0.1) is 0 Å². The van der Waals surface area contributed by atoms with Gasteiger partial charge in [0.1, 0.15) is 0 Å². The average Bonchev–Trinajstić information content (AvgIpc) is 4.00. The molecule has 0 spiro atoms. The Kier molecular flexibility index (Phi) is 14.2. The molecule has 2 heterocycles. The van der Waals surface area contributed by atoms with Crippen molar-refractivity contribution in [1.29, 1.82) is 0 Å². The molecule has 0 saturated carbocycles. The van der Waals surface area contributed by atoms with E-state index in [4.69, 9.17) is 7.96 Å².